The first-order chi connectivity index (χ1) is 10.3. The number of rotatable bonds is 4. The van der Waals surface area contributed by atoms with Crippen molar-refractivity contribution in [3.63, 3.8) is 0 Å². The summed E-state index contributed by atoms with van der Waals surface area (Å²) in [6.07, 6.45) is 3.83. The van der Waals surface area contributed by atoms with Crippen LogP contribution in [-0.2, 0) is 0 Å². The van der Waals surface area contributed by atoms with Gasteiger partial charge in [-0.2, -0.15) is 0 Å². The van der Waals surface area contributed by atoms with Gasteiger partial charge in [0.25, 0.3) is 0 Å². The number of nitrogens with zero attached hydrogens (tertiary/aromatic N) is 2. The Labute approximate surface area is 125 Å². The van der Waals surface area contributed by atoms with Crippen LogP contribution < -0.4 is 5.73 Å². The molecular formula is C18H19N3. The molecule has 1 heterocycles. The van der Waals surface area contributed by atoms with E-state index < -0.39 is 0 Å². The molecule has 0 amide bonds. The van der Waals surface area contributed by atoms with E-state index in [9.17, 15) is 0 Å². The largest absolute Gasteiger partial charge is 0.326 e. The minimum absolute atomic E-state index is 0.0668. The van der Waals surface area contributed by atoms with E-state index in [1.807, 2.05) is 48.8 Å². The molecule has 106 valence electrons. The van der Waals surface area contributed by atoms with Crippen molar-refractivity contribution >= 4 is 0 Å². The molecule has 3 nitrogen and oxygen atoms in total. The standard InChI is InChI=1S/C18H19N3/c1-14(17(19)15-8-4-2-5-9-15)21-13-12-20-18(21)16-10-6-3-7-11-16/h2-14,17H,19H2,1H3. The molecule has 2 aromatic carbocycles. The fourth-order valence-corrected chi connectivity index (χ4v) is 2.58. The van der Waals surface area contributed by atoms with E-state index in [-0.39, 0.29) is 12.1 Å². The first-order valence-corrected chi connectivity index (χ1v) is 7.16. The summed E-state index contributed by atoms with van der Waals surface area (Å²) in [4.78, 5) is 4.49. The topological polar surface area (TPSA) is 43.8 Å². The third-order valence-electron chi connectivity index (χ3n) is 3.84. The van der Waals surface area contributed by atoms with Gasteiger partial charge in [0.15, 0.2) is 0 Å². The molecule has 1 aromatic heterocycles. The van der Waals surface area contributed by atoms with Gasteiger partial charge in [0.05, 0.1) is 12.1 Å². The number of benzene rings is 2. The first-order valence-electron chi connectivity index (χ1n) is 7.16. The third-order valence-corrected chi connectivity index (χ3v) is 3.84. The van der Waals surface area contributed by atoms with Crippen LogP contribution in [0.2, 0.25) is 0 Å². The van der Waals surface area contributed by atoms with E-state index in [1.165, 1.54) is 0 Å². The van der Waals surface area contributed by atoms with Gasteiger partial charge >= 0.3 is 0 Å². The van der Waals surface area contributed by atoms with Crippen molar-refractivity contribution in [3.05, 3.63) is 78.6 Å². The molecule has 0 saturated carbocycles. The Balaban J connectivity index is 1.93. The highest BCUT2D eigenvalue weighted by atomic mass is 15.1. The molecule has 0 spiro atoms. The van der Waals surface area contributed by atoms with E-state index in [0.29, 0.717) is 0 Å². The monoisotopic (exact) mass is 277 g/mol. The van der Waals surface area contributed by atoms with Crippen molar-refractivity contribution in [1.29, 1.82) is 0 Å². The van der Waals surface area contributed by atoms with Gasteiger partial charge in [-0.3, -0.25) is 0 Å². The molecule has 0 fully saturated rings. The fraction of sp³-hybridized carbons (Fsp3) is 0.167. The molecule has 0 saturated heterocycles. The van der Waals surface area contributed by atoms with Crippen LogP contribution >= 0.6 is 0 Å². The van der Waals surface area contributed by atoms with Gasteiger partial charge in [0.1, 0.15) is 5.82 Å². The highest BCUT2D eigenvalue weighted by Gasteiger charge is 2.19. The van der Waals surface area contributed by atoms with Crippen LogP contribution in [0.1, 0.15) is 24.6 Å². The van der Waals surface area contributed by atoms with E-state index in [2.05, 4.69) is 40.7 Å². The molecule has 3 rings (SSSR count). The quantitative estimate of drug-likeness (QED) is 0.788. The average Bonchev–Trinajstić information content (AvgIpc) is 3.04. The van der Waals surface area contributed by atoms with Crippen molar-refractivity contribution in [3.8, 4) is 11.4 Å². The van der Waals surface area contributed by atoms with E-state index in [1.54, 1.807) is 0 Å². The van der Waals surface area contributed by atoms with Crippen molar-refractivity contribution in [2.75, 3.05) is 0 Å². The number of aromatic nitrogens is 2. The summed E-state index contributed by atoms with van der Waals surface area (Å²) in [6.45, 7) is 2.13. The van der Waals surface area contributed by atoms with Crippen LogP contribution in [0.5, 0.6) is 0 Å². The SMILES string of the molecule is CC(C(N)c1ccccc1)n1ccnc1-c1ccccc1. The van der Waals surface area contributed by atoms with Crippen molar-refractivity contribution in [1.82, 2.24) is 9.55 Å². The van der Waals surface area contributed by atoms with Crippen molar-refractivity contribution < 1.29 is 0 Å². The maximum Gasteiger partial charge on any atom is 0.140 e. The second-order valence-corrected chi connectivity index (χ2v) is 5.20. The molecule has 0 bridgehead atoms. The Kier molecular flexibility index (Phi) is 3.84. The molecular weight excluding hydrogens is 258 g/mol. The zero-order chi connectivity index (χ0) is 14.7. The normalized spacial score (nSPS) is 13.8. The second-order valence-electron chi connectivity index (χ2n) is 5.20. The minimum Gasteiger partial charge on any atom is -0.326 e. The summed E-state index contributed by atoms with van der Waals surface area (Å²) in [5, 5.41) is 0. The predicted molar refractivity (Wildman–Crippen MR) is 85.7 cm³/mol. The molecule has 3 aromatic rings. The molecule has 0 aliphatic rings. The van der Waals surface area contributed by atoms with Gasteiger partial charge < -0.3 is 10.3 Å². The lowest BCUT2D eigenvalue weighted by molar-refractivity contribution is 0.457. The summed E-state index contributed by atoms with van der Waals surface area (Å²) in [5.74, 6) is 0.953. The molecule has 0 radical (unpaired) electrons. The number of hydrogen-bond donors (Lipinski definition) is 1. The number of nitrogens with two attached hydrogens (primary N) is 1. The summed E-state index contributed by atoms with van der Waals surface area (Å²) in [7, 11) is 0. The zero-order valence-electron chi connectivity index (χ0n) is 12.1. The summed E-state index contributed by atoms with van der Waals surface area (Å²) >= 11 is 0. The molecule has 2 unspecified atom stereocenters. The van der Waals surface area contributed by atoms with E-state index in [0.717, 1.165) is 17.0 Å². The second kappa shape index (κ2) is 5.94. The summed E-state index contributed by atoms with van der Waals surface area (Å²) in [6, 6.07) is 20.4. The summed E-state index contributed by atoms with van der Waals surface area (Å²) in [5.41, 5.74) is 8.67. The third kappa shape index (κ3) is 2.73. The van der Waals surface area contributed by atoms with Crippen molar-refractivity contribution in [2.24, 2.45) is 5.73 Å². The van der Waals surface area contributed by atoms with Gasteiger partial charge in [-0.1, -0.05) is 60.7 Å². The smallest absolute Gasteiger partial charge is 0.140 e. The van der Waals surface area contributed by atoms with E-state index >= 15 is 0 Å². The molecule has 3 heteroatoms. The van der Waals surface area contributed by atoms with Crippen molar-refractivity contribution in [2.45, 2.75) is 19.0 Å². The maximum absolute atomic E-state index is 6.43. The highest BCUT2D eigenvalue weighted by molar-refractivity contribution is 5.55. The van der Waals surface area contributed by atoms with Crippen LogP contribution in [0.25, 0.3) is 11.4 Å². The van der Waals surface area contributed by atoms with Gasteiger partial charge in [-0.15, -0.1) is 0 Å². The lowest BCUT2D eigenvalue weighted by atomic mass is 10.0. The zero-order valence-corrected chi connectivity index (χ0v) is 12.1. The molecule has 2 N–H and O–H groups in total. The maximum atomic E-state index is 6.43. The van der Waals surface area contributed by atoms with Gasteiger partial charge in [-0.25, -0.2) is 4.98 Å². The fourth-order valence-electron chi connectivity index (χ4n) is 2.58. The first kappa shape index (κ1) is 13.6. The van der Waals surface area contributed by atoms with Crippen LogP contribution in [0.4, 0.5) is 0 Å². The summed E-state index contributed by atoms with van der Waals surface area (Å²) < 4.78 is 2.15. The Morgan fingerprint density at radius 2 is 1.57 bits per heavy atom. The lowest BCUT2D eigenvalue weighted by Crippen LogP contribution is -2.22. The van der Waals surface area contributed by atoms with Gasteiger partial charge in [0.2, 0.25) is 0 Å². The Hall–Kier alpha value is -2.39. The highest BCUT2D eigenvalue weighted by Crippen LogP contribution is 2.28. The van der Waals surface area contributed by atoms with Crippen LogP contribution in [0.3, 0.4) is 0 Å². The van der Waals surface area contributed by atoms with E-state index in [4.69, 9.17) is 5.73 Å². The molecule has 2 atom stereocenters. The average molecular weight is 277 g/mol. The van der Waals surface area contributed by atoms with Crippen LogP contribution in [-0.4, -0.2) is 9.55 Å². The molecule has 21 heavy (non-hydrogen) atoms. The minimum atomic E-state index is -0.0668. The Morgan fingerprint density at radius 3 is 2.24 bits per heavy atom. The van der Waals surface area contributed by atoms with Gasteiger partial charge in [-0.05, 0) is 12.5 Å². The number of hydrogen-bond acceptors (Lipinski definition) is 2. The van der Waals surface area contributed by atoms with Crippen LogP contribution in [0, 0.1) is 0 Å². The number of imidazole rings is 1. The lowest BCUT2D eigenvalue weighted by Gasteiger charge is -2.23. The molecule has 0 aliphatic carbocycles. The van der Waals surface area contributed by atoms with Gasteiger partial charge in [0, 0.05) is 18.0 Å². The van der Waals surface area contributed by atoms with Crippen LogP contribution in [0.15, 0.2) is 73.1 Å². The molecule has 0 aliphatic heterocycles. The Morgan fingerprint density at radius 1 is 0.952 bits per heavy atom. The predicted octanol–water partition coefficient (Wildman–Crippen LogP) is 3.81. The Bertz CT molecular complexity index is 689.